The molecule has 6 nitrogen and oxygen atoms in total. The van der Waals surface area contributed by atoms with Crippen LogP contribution in [0.5, 0.6) is 5.75 Å². The number of carbonyl (C=O) groups excluding carboxylic acids is 1. The fourth-order valence-electron chi connectivity index (χ4n) is 3.01. The van der Waals surface area contributed by atoms with E-state index < -0.39 is 0 Å². The second kappa shape index (κ2) is 11.0. The monoisotopic (exact) mass is 404 g/mol. The van der Waals surface area contributed by atoms with Crippen LogP contribution in [0.3, 0.4) is 0 Å². The summed E-state index contributed by atoms with van der Waals surface area (Å²) in [6, 6.07) is 17.3. The number of aromatic nitrogens is 2. The van der Waals surface area contributed by atoms with Gasteiger partial charge in [0.05, 0.1) is 17.6 Å². The Bertz CT molecular complexity index is 962. The Morgan fingerprint density at radius 2 is 1.83 bits per heavy atom. The van der Waals surface area contributed by atoms with Gasteiger partial charge >= 0.3 is 0 Å². The lowest BCUT2D eigenvalue weighted by Gasteiger charge is -2.19. The summed E-state index contributed by atoms with van der Waals surface area (Å²) in [6.45, 7) is 7.67. The first-order chi connectivity index (χ1) is 14.7. The molecule has 3 aromatic rings. The Balaban J connectivity index is 1.58. The number of ether oxygens (including phenoxy) is 1. The zero-order valence-corrected chi connectivity index (χ0v) is 17.5. The minimum Gasteiger partial charge on any atom is -0.490 e. The molecule has 156 valence electrons. The first kappa shape index (κ1) is 21.3. The van der Waals surface area contributed by atoms with Gasteiger partial charge in [0.2, 0.25) is 5.91 Å². The summed E-state index contributed by atoms with van der Waals surface area (Å²) in [5, 5.41) is 7.23. The van der Waals surface area contributed by atoms with Crippen molar-refractivity contribution in [3.8, 4) is 11.4 Å². The molecule has 1 aromatic heterocycles. The van der Waals surface area contributed by atoms with Gasteiger partial charge in [-0.2, -0.15) is 5.10 Å². The maximum Gasteiger partial charge on any atom is 0.248 e. The Morgan fingerprint density at radius 1 is 1.10 bits per heavy atom. The molecule has 2 aromatic carbocycles. The van der Waals surface area contributed by atoms with E-state index in [2.05, 4.69) is 29.2 Å². The van der Waals surface area contributed by atoms with Crippen LogP contribution in [0.2, 0.25) is 0 Å². The fraction of sp³-hybridized carbons (Fsp3) is 0.250. The molecule has 0 fully saturated rings. The lowest BCUT2D eigenvalue weighted by atomic mass is 10.2. The molecular weight excluding hydrogens is 376 g/mol. The third kappa shape index (κ3) is 6.06. The van der Waals surface area contributed by atoms with Crippen LogP contribution in [0.15, 0.2) is 73.1 Å². The van der Waals surface area contributed by atoms with Crippen molar-refractivity contribution in [2.75, 3.05) is 31.6 Å². The number of benzene rings is 2. The minimum absolute atomic E-state index is 0.220. The number of anilines is 1. The summed E-state index contributed by atoms with van der Waals surface area (Å²) < 4.78 is 7.67. The molecule has 0 saturated heterocycles. The van der Waals surface area contributed by atoms with Crippen molar-refractivity contribution in [1.82, 2.24) is 14.7 Å². The fourth-order valence-corrected chi connectivity index (χ4v) is 3.01. The highest BCUT2D eigenvalue weighted by Crippen LogP contribution is 2.23. The lowest BCUT2D eigenvalue weighted by molar-refractivity contribution is -0.111. The zero-order valence-electron chi connectivity index (χ0n) is 17.5. The van der Waals surface area contributed by atoms with E-state index in [1.807, 2.05) is 60.8 Å². The topological polar surface area (TPSA) is 59.4 Å². The Hall–Kier alpha value is -3.38. The predicted octanol–water partition coefficient (Wildman–Crippen LogP) is 4.24. The van der Waals surface area contributed by atoms with Crippen molar-refractivity contribution in [2.24, 2.45) is 0 Å². The van der Waals surface area contributed by atoms with Crippen molar-refractivity contribution in [3.63, 3.8) is 0 Å². The lowest BCUT2D eigenvalue weighted by Crippen LogP contribution is -2.28. The molecule has 0 unspecified atom stereocenters. The molecule has 0 aliphatic rings. The standard InChI is InChI=1S/C24H28N4O2/c1-3-27(4-2)16-17-30-23-13-9-8-12-22(23)26-24(29)15-14-20-18-25-28(19-20)21-10-6-5-7-11-21/h5-15,18-19H,3-4,16-17H2,1-2H3,(H,26,29)/b15-14+. The summed E-state index contributed by atoms with van der Waals surface area (Å²) >= 11 is 0. The molecular formula is C24H28N4O2. The van der Waals surface area contributed by atoms with Gasteiger partial charge in [0.15, 0.2) is 0 Å². The van der Waals surface area contributed by atoms with E-state index in [1.54, 1.807) is 17.0 Å². The quantitative estimate of drug-likeness (QED) is 0.514. The van der Waals surface area contributed by atoms with Crippen LogP contribution in [0.1, 0.15) is 19.4 Å². The number of rotatable bonds is 10. The highest BCUT2D eigenvalue weighted by molar-refractivity contribution is 6.02. The van der Waals surface area contributed by atoms with Crippen LogP contribution >= 0.6 is 0 Å². The van der Waals surface area contributed by atoms with E-state index in [0.29, 0.717) is 18.0 Å². The second-order valence-corrected chi connectivity index (χ2v) is 6.75. The molecule has 3 rings (SSSR count). The average Bonchev–Trinajstić information content (AvgIpc) is 3.26. The average molecular weight is 405 g/mol. The van der Waals surface area contributed by atoms with Crippen molar-refractivity contribution < 1.29 is 9.53 Å². The van der Waals surface area contributed by atoms with Gasteiger partial charge in [0.1, 0.15) is 12.4 Å². The first-order valence-corrected chi connectivity index (χ1v) is 10.2. The van der Waals surface area contributed by atoms with Crippen LogP contribution in [0.25, 0.3) is 11.8 Å². The number of amides is 1. The van der Waals surface area contributed by atoms with Gasteiger partial charge in [-0.25, -0.2) is 4.68 Å². The van der Waals surface area contributed by atoms with Crippen LogP contribution < -0.4 is 10.1 Å². The molecule has 0 bridgehead atoms. The molecule has 0 aliphatic carbocycles. The second-order valence-electron chi connectivity index (χ2n) is 6.75. The summed E-state index contributed by atoms with van der Waals surface area (Å²) in [5.41, 5.74) is 2.47. The number of nitrogens with one attached hydrogen (secondary N) is 1. The van der Waals surface area contributed by atoms with E-state index in [4.69, 9.17) is 4.74 Å². The SMILES string of the molecule is CCN(CC)CCOc1ccccc1NC(=O)/C=C/c1cnn(-c2ccccc2)c1. The van der Waals surface area contributed by atoms with Crippen LogP contribution in [-0.2, 0) is 4.79 Å². The number of likely N-dealkylation sites (N-methyl/N-ethyl adjacent to an activating group) is 1. The van der Waals surface area contributed by atoms with Gasteiger partial charge in [-0.1, -0.05) is 44.2 Å². The van der Waals surface area contributed by atoms with E-state index >= 15 is 0 Å². The molecule has 0 radical (unpaired) electrons. The molecule has 6 heteroatoms. The highest BCUT2D eigenvalue weighted by Gasteiger charge is 2.07. The Kier molecular flexibility index (Phi) is 7.80. The van der Waals surface area contributed by atoms with Gasteiger partial charge in [-0.05, 0) is 43.4 Å². The maximum absolute atomic E-state index is 12.4. The van der Waals surface area contributed by atoms with Crippen molar-refractivity contribution >= 4 is 17.7 Å². The number of carbonyl (C=O) groups is 1. The van der Waals surface area contributed by atoms with Crippen molar-refractivity contribution in [2.45, 2.75) is 13.8 Å². The number of hydrogen-bond acceptors (Lipinski definition) is 4. The normalized spacial score (nSPS) is 11.2. The van der Waals surface area contributed by atoms with Gasteiger partial charge in [0.25, 0.3) is 0 Å². The summed E-state index contributed by atoms with van der Waals surface area (Å²) in [7, 11) is 0. The Morgan fingerprint density at radius 3 is 2.60 bits per heavy atom. The third-order valence-corrected chi connectivity index (χ3v) is 4.75. The van der Waals surface area contributed by atoms with Crippen LogP contribution in [0, 0.1) is 0 Å². The van der Waals surface area contributed by atoms with E-state index in [0.717, 1.165) is 30.9 Å². The van der Waals surface area contributed by atoms with E-state index in [9.17, 15) is 4.79 Å². The summed E-state index contributed by atoms with van der Waals surface area (Å²) in [5.74, 6) is 0.450. The van der Waals surface area contributed by atoms with Crippen LogP contribution in [0.4, 0.5) is 5.69 Å². The zero-order chi connectivity index (χ0) is 21.2. The summed E-state index contributed by atoms with van der Waals surface area (Å²) in [4.78, 5) is 14.7. The van der Waals surface area contributed by atoms with Gasteiger partial charge < -0.3 is 15.0 Å². The number of nitrogens with zero attached hydrogens (tertiary/aromatic N) is 3. The molecule has 30 heavy (non-hydrogen) atoms. The first-order valence-electron chi connectivity index (χ1n) is 10.2. The van der Waals surface area contributed by atoms with Crippen LogP contribution in [-0.4, -0.2) is 46.8 Å². The smallest absolute Gasteiger partial charge is 0.248 e. The molecule has 1 heterocycles. The highest BCUT2D eigenvalue weighted by atomic mass is 16.5. The molecule has 0 aliphatic heterocycles. The molecule has 1 amide bonds. The molecule has 0 atom stereocenters. The maximum atomic E-state index is 12.4. The molecule has 0 spiro atoms. The van der Waals surface area contributed by atoms with Crippen molar-refractivity contribution in [3.05, 3.63) is 78.6 Å². The van der Waals surface area contributed by atoms with E-state index in [1.165, 1.54) is 6.08 Å². The van der Waals surface area contributed by atoms with E-state index in [-0.39, 0.29) is 5.91 Å². The predicted molar refractivity (Wildman–Crippen MR) is 121 cm³/mol. The number of hydrogen-bond donors (Lipinski definition) is 1. The molecule has 0 saturated carbocycles. The number of para-hydroxylation sites is 3. The molecule has 1 N–H and O–H groups in total. The third-order valence-electron chi connectivity index (χ3n) is 4.75. The van der Waals surface area contributed by atoms with Gasteiger partial charge in [-0.3, -0.25) is 4.79 Å². The van der Waals surface area contributed by atoms with Gasteiger partial charge in [0, 0.05) is 24.4 Å². The Labute approximate surface area is 177 Å². The van der Waals surface area contributed by atoms with Gasteiger partial charge in [-0.15, -0.1) is 0 Å². The minimum atomic E-state index is -0.220. The largest absolute Gasteiger partial charge is 0.490 e. The van der Waals surface area contributed by atoms with Crippen molar-refractivity contribution in [1.29, 1.82) is 0 Å². The summed E-state index contributed by atoms with van der Waals surface area (Å²) in [6.07, 6.45) is 6.84.